The molecule has 1 aromatic carbocycles. The van der Waals surface area contributed by atoms with E-state index in [4.69, 9.17) is 16.2 Å². The highest BCUT2D eigenvalue weighted by molar-refractivity contribution is 7.10. The second kappa shape index (κ2) is 10.9. The number of hydrogen-bond donors (Lipinski definition) is 3. The number of aromatic nitrogens is 1. The molecule has 5 N–H and O–H groups in total. The number of nitrogens with one attached hydrogen (secondary N) is 1. The van der Waals surface area contributed by atoms with E-state index in [9.17, 15) is 14.4 Å². The molecule has 35 heavy (non-hydrogen) atoms. The minimum atomic E-state index is -0.963. The van der Waals surface area contributed by atoms with E-state index in [1.807, 2.05) is 17.5 Å². The van der Waals surface area contributed by atoms with Crippen LogP contribution in [0.3, 0.4) is 0 Å². The summed E-state index contributed by atoms with van der Waals surface area (Å²) in [6.07, 6.45) is 5.07. The van der Waals surface area contributed by atoms with Crippen LogP contribution in [0.4, 0.5) is 11.4 Å². The first-order chi connectivity index (χ1) is 16.9. The quantitative estimate of drug-likeness (QED) is 0.419. The number of ether oxygens (including phenoxy) is 1. The van der Waals surface area contributed by atoms with Gasteiger partial charge >= 0.3 is 0 Å². The lowest BCUT2D eigenvalue weighted by atomic mass is 9.95. The Balaban J connectivity index is 1.81. The number of carbonyl (C=O) groups is 3. The predicted molar refractivity (Wildman–Crippen MR) is 137 cm³/mol. The number of anilines is 2. The van der Waals surface area contributed by atoms with Crippen LogP contribution in [0.15, 0.2) is 41.8 Å². The van der Waals surface area contributed by atoms with E-state index in [1.165, 1.54) is 23.3 Å². The zero-order valence-corrected chi connectivity index (χ0v) is 20.9. The second-order valence-corrected chi connectivity index (χ2v) is 10.0. The zero-order valence-electron chi connectivity index (χ0n) is 19.2. The number of nitrogens with two attached hydrogens (primary N) is 2. The molecule has 0 unspecified atom stereocenters. The van der Waals surface area contributed by atoms with Crippen molar-refractivity contribution < 1.29 is 19.1 Å². The Labute approximate surface area is 211 Å². The molecule has 0 spiro atoms. The van der Waals surface area contributed by atoms with Crippen LogP contribution < -0.4 is 26.4 Å². The van der Waals surface area contributed by atoms with Crippen LogP contribution in [-0.2, 0) is 4.79 Å². The first-order valence-electron chi connectivity index (χ1n) is 11.3. The first kappa shape index (κ1) is 24.7. The van der Waals surface area contributed by atoms with Gasteiger partial charge in [-0.1, -0.05) is 31.4 Å². The number of primary amides is 1. The molecule has 1 aliphatic rings. The second-order valence-electron chi connectivity index (χ2n) is 8.28. The SMILES string of the molecule is COc1cccc(N(C(=O)c2snc(C(N)=O)c2N)[C@H](C(=O)NC2CCCCC2)c2cccs2)c1. The van der Waals surface area contributed by atoms with Gasteiger partial charge in [-0.25, -0.2) is 0 Å². The highest BCUT2D eigenvalue weighted by atomic mass is 32.1. The van der Waals surface area contributed by atoms with Crippen molar-refractivity contribution in [3.8, 4) is 5.75 Å². The molecule has 1 aliphatic carbocycles. The third kappa shape index (κ3) is 5.30. The lowest BCUT2D eigenvalue weighted by molar-refractivity contribution is -0.123. The molecular formula is C24H27N5O4S2. The summed E-state index contributed by atoms with van der Waals surface area (Å²) in [5.41, 5.74) is 11.6. The van der Waals surface area contributed by atoms with Gasteiger partial charge in [0, 0.05) is 22.7 Å². The summed E-state index contributed by atoms with van der Waals surface area (Å²) in [6, 6.07) is 9.64. The van der Waals surface area contributed by atoms with Crippen molar-refractivity contribution in [2.24, 2.45) is 5.73 Å². The number of amides is 3. The highest BCUT2D eigenvalue weighted by Crippen LogP contribution is 2.36. The van der Waals surface area contributed by atoms with Crippen molar-refractivity contribution in [1.29, 1.82) is 0 Å². The average Bonchev–Trinajstić information content (AvgIpc) is 3.52. The average molecular weight is 514 g/mol. The Kier molecular flexibility index (Phi) is 7.67. The normalized spacial score (nSPS) is 14.8. The van der Waals surface area contributed by atoms with E-state index in [1.54, 1.807) is 24.3 Å². The molecule has 3 amide bonds. The zero-order chi connectivity index (χ0) is 24.9. The Morgan fingerprint density at radius 2 is 1.94 bits per heavy atom. The van der Waals surface area contributed by atoms with E-state index in [0.717, 1.165) is 43.6 Å². The van der Waals surface area contributed by atoms with Gasteiger partial charge in [-0.2, -0.15) is 4.37 Å². The number of carbonyl (C=O) groups excluding carboxylic acids is 3. The number of nitrogen functional groups attached to an aromatic ring is 1. The molecule has 11 heteroatoms. The summed E-state index contributed by atoms with van der Waals surface area (Å²) in [5.74, 6) is -1.14. The van der Waals surface area contributed by atoms with Gasteiger partial charge in [0.1, 0.15) is 10.6 Å². The maximum Gasteiger partial charge on any atom is 0.273 e. The third-order valence-electron chi connectivity index (χ3n) is 5.98. The molecule has 0 bridgehead atoms. The summed E-state index contributed by atoms with van der Waals surface area (Å²) in [5, 5.41) is 5.01. The molecule has 0 radical (unpaired) electrons. The molecule has 9 nitrogen and oxygen atoms in total. The van der Waals surface area contributed by atoms with Gasteiger partial charge in [-0.05, 0) is 48.0 Å². The van der Waals surface area contributed by atoms with Crippen LogP contribution >= 0.6 is 22.9 Å². The van der Waals surface area contributed by atoms with E-state index < -0.39 is 17.9 Å². The van der Waals surface area contributed by atoms with Crippen LogP contribution in [0.1, 0.15) is 63.2 Å². The number of thiophene rings is 1. The lowest BCUT2D eigenvalue weighted by Gasteiger charge is -2.32. The van der Waals surface area contributed by atoms with Crippen LogP contribution in [0.2, 0.25) is 0 Å². The fraction of sp³-hybridized carbons (Fsp3) is 0.333. The van der Waals surface area contributed by atoms with E-state index in [0.29, 0.717) is 16.3 Å². The molecular weight excluding hydrogens is 486 g/mol. The van der Waals surface area contributed by atoms with Crippen LogP contribution in [0.25, 0.3) is 0 Å². The Morgan fingerprint density at radius 3 is 2.57 bits per heavy atom. The number of hydrogen-bond acceptors (Lipinski definition) is 8. The number of rotatable bonds is 8. The van der Waals surface area contributed by atoms with Gasteiger partial charge in [0.25, 0.3) is 11.8 Å². The molecule has 4 rings (SSSR count). The first-order valence-corrected chi connectivity index (χ1v) is 12.9. The van der Waals surface area contributed by atoms with E-state index in [-0.39, 0.29) is 28.2 Å². The lowest BCUT2D eigenvalue weighted by Crippen LogP contribution is -2.47. The minimum absolute atomic E-state index is 0.0358. The standard InChI is InChI=1S/C24H27N5O4S2/c1-33-16-10-5-9-15(13-16)29(24(32)21-18(25)19(22(26)30)28-35-21)20(17-11-6-12-34-17)23(31)27-14-7-3-2-4-8-14/h5-6,9-14,20H,2-4,7-8,25H2,1H3,(H2,26,30)(H,27,31)/t20-/m0/s1. The molecule has 0 aliphatic heterocycles. The summed E-state index contributed by atoms with van der Waals surface area (Å²) in [6.45, 7) is 0. The molecule has 184 valence electrons. The van der Waals surface area contributed by atoms with E-state index in [2.05, 4.69) is 9.69 Å². The maximum atomic E-state index is 14.0. The maximum absolute atomic E-state index is 14.0. The van der Waals surface area contributed by atoms with Crippen LogP contribution in [0, 0.1) is 0 Å². The van der Waals surface area contributed by atoms with Crippen molar-refractivity contribution in [2.75, 3.05) is 17.7 Å². The monoisotopic (exact) mass is 513 g/mol. The van der Waals surface area contributed by atoms with Crippen molar-refractivity contribution >= 4 is 52.0 Å². The van der Waals surface area contributed by atoms with Gasteiger partial charge in [0.05, 0.1) is 12.8 Å². The summed E-state index contributed by atoms with van der Waals surface area (Å²) in [7, 11) is 1.53. The summed E-state index contributed by atoms with van der Waals surface area (Å²) in [4.78, 5) is 41.6. The summed E-state index contributed by atoms with van der Waals surface area (Å²) >= 11 is 2.16. The molecule has 3 aromatic rings. The number of benzene rings is 1. The summed E-state index contributed by atoms with van der Waals surface area (Å²) < 4.78 is 9.35. The van der Waals surface area contributed by atoms with Crippen molar-refractivity contribution in [1.82, 2.24) is 9.69 Å². The van der Waals surface area contributed by atoms with E-state index >= 15 is 0 Å². The largest absolute Gasteiger partial charge is 0.497 e. The molecule has 2 heterocycles. The molecule has 2 aromatic heterocycles. The van der Waals surface area contributed by atoms with Crippen molar-refractivity contribution in [3.63, 3.8) is 0 Å². The van der Waals surface area contributed by atoms with Gasteiger partial charge in [0.15, 0.2) is 11.7 Å². The molecule has 1 fully saturated rings. The fourth-order valence-electron chi connectivity index (χ4n) is 4.23. The van der Waals surface area contributed by atoms with Gasteiger partial charge < -0.3 is 21.5 Å². The van der Waals surface area contributed by atoms with Gasteiger partial charge in [0.2, 0.25) is 5.91 Å². The molecule has 1 saturated carbocycles. The molecule has 0 saturated heterocycles. The number of nitrogens with zero attached hydrogens (tertiary/aromatic N) is 2. The van der Waals surface area contributed by atoms with Crippen molar-refractivity contribution in [2.45, 2.75) is 44.2 Å². The topological polar surface area (TPSA) is 141 Å². The van der Waals surface area contributed by atoms with Gasteiger partial charge in [-0.15, -0.1) is 11.3 Å². The Morgan fingerprint density at radius 1 is 1.17 bits per heavy atom. The predicted octanol–water partition coefficient (Wildman–Crippen LogP) is 3.73. The third-order valence-corrected chi connectivity index (χ3v) is 7.75. The Hall–Kier alpha value is -3.44. The van der Waals surface area contributed by atoms with Gasteiger partial charge in [-0.3, -0.25) is 19.3 Å². The fourth-order valence-corrected chi connectivity index (χ4v) is 5.79. The minimum Gasteiger partial charge on any atom is -0.497 e. The van der Waals surface area contributed by atoms with Crippen LogP contribution in [-0.4, -0.2) is 35.2 Å². The highest BCUT2D eigenvalue weighted by Gasteiger charge is 2.37. The number of methoxy groups -OCH3 is 1. The molecule has 1 atom stereocenters. The van der Waals surface area contributed by atoms with Crippen molar-refractivity contribution in [3.05, 3.63) is 57.2 Å². The smallest absolute Gasteiger partial charge is 0.273 e. The van der Waals surface area contributed by atoms with Crippen LogP contribution in [0.5, 0.6) is 5.75 Å². The Bertz CT molecular complexity index is 1200.